The molecule has 7 heteroatoms. The fourth-order valence-corrected chi connectivity index (χ4v) is 4.88. The molecule has 2 aliphatic rings. The summed E-state index contributed by atoms with van der Waals surface area (Å²) >= 11 is 0. The highest BCUT2D eigenvalue weighted by molar-refractivity contribution is 6.70. The van der Waals surface area contributed by atoms with Crippen molar-refractivity contribution in [2.24, 2.45) is 5.41 Å². The summed E-state index contributed by atoms with van der Waals surface area (Å²) in [6, 6.07) is 9.37. The van der Waals surface area contributed by atoms with Crippen molar-refractivity contribution in [1.82, 2.24) is 0 Å². The predicted molar refractivity (Wildman–Crippen MR) is 121 cm³/mol. The maximum absolute atomic E-state index is 13.6. The minimum atomic E-state index is -1.93. The highest BCUT2D eigenvalue weighted by Gasteiger charge is 2.64. The first-order valence-corrected chi connectivity index (χ1v) is 13.9. The molecule has 0 saturated heterocycles. The number of methoxy groups -OCH3 is 1. The molecule has 0 fully saturated rings. The Bertz CT molecular complexity index is 906. The molecule has 1 aromatic rings. The van der Waals surface area contributed by atoms with Crippen molar-refractivity contribution < 1.29 is 28.2 Å². The third-order valence-electron chi connectivity index (χ3n) is 5.11. The van der Waals surface area contributed by atoms with Gasteiger partial charge in [0.05, 0.1) is 5.76 Å². The van der Waals surface area contributed by atoms with Crippen LogP contribution in [-0.4, -0.2) is 45.0 Å². The van der Waals surface area contributed by atoms with Crippen LogP contribution in [0, 0.1) is 5.41 Å². The lowest BCUT2D eigenvalue weighted by molar-refractivity contribution is -0.189. The van der Waals surface area contributed by atoms with Crippen LogP contribution in [0.25, 0.3) is 5.76 Å². The van der Waals surface area contributed by atoms with Gasteiger partial charge in [-0.2, -0.15) is 0 Å². The van der Waals surface area contributed by atoms with E-state index >= 15 is 0 Å². The lowest BCUT2D eigenvalue weighted by atomic mass is 9.67. The fourth-order valence-electron chi connectivity index (χ4n) is 3.94. The van der Waals surface area contributed by atoms with Gasteiger partial charge in [-0.15, -0.1) is 0 Å². The van der Waals surface area contributed by atoms with E-state index in [1.54, 1.807) is 26.8 Å². The third-order valence-corrected chi connectivity index (χ3v) is 5.98. The van der Waals surface area contributed by atoms with Gasteiger partial charge in [-0.25, -0.2) is 0 Å². The zero-order chi connectivity index (χ0) is 23.0. The zero-order valence-electron chi connectivity index (χ0n) is 19.4. The monoisotopic (exact) mass is 444 g/mol. The largest absolute Gasteiger partial charge is 0.547 e. The number of rotatable bonds is 5. The maximum atomic E-state index is 13.6. The second kappa shape index (κ2) is 8.28. The second-order valence-corrected chi connectivity index (χ2v) is 14.4. The summed E-state index contributed by atoms with van der Waals surface area (Å²) in [4.78, 5) is 27.1. The number of benzene rings is 1. The Balaban J connectivity index is 2.11. The van der Waals surface area contributed by atoms with E-state index in [2.05, 4.69) is 19.6 Å². The molecule has 0 spiro atoms. The van der Waals surface area contributed by atoms with E-state index in [1.165, 1.54) is 13.2 Å². The van der Waals surface area contributed by atoms with Crippen LogP contribution in [0.3, 0.4) is 0 Å². The molecule has 1 heterocycles. The summed E-state index contributed by atoms with van der Waals surface area (Å²) in [6.45, 7) is 11.6. The number of carbonyl (C=O) groups is 2. The molecule has 1 aliphatic heterocycles. The van der Waals surface area contributed by atoms with E-state index in [-0.39, 0.29) is 12.2 Å². The molecule has 0 saturated carbocycles. The lowest BCUT2D eigenvalue weighted by Crippen LogP contribution is -2.62. The molecule has 1 aromatic carbocycles. The van der Waals surface area contributed by atoms with Gasteiger partial charge < -0.3 is 18.6 Å². The third kappa shape index (κ3) is 4.77. The molecule has 3 rings (SSSR count). The Morgan fingerprint density at radius 2 is 1.81 bits per heavy atom. The van der Waals surface area contributed by atoms with Gasteiger partial charge in [-0.3, -0.25) is 9.59 Å². The van der Waals surface area contributed by atoms with E-state index in [0.717, 1.165) is 5.56 Å². The molecule has 0 amide bonds. The number of hydrogen-bond acceptors (Lipinski definition) is 6. The van der Waals surface area contributed by atoms with Crippen LogP contribution in [0.2, 0.25) is 19.6 Å². The summed E-state index contributed by atoms with van der Waals surface area (Å²) in [5, 5.41) is 0. The van der Waals surface area contributed by atoms with Crippen LogP contribution < -0.4 is 0 Å². The number of fused-ring (bicyclic) bond motifs is 1. The van der Waals surface area contributed by atoms with Crippen molar-refractivity contribution in [3.63, 3.8) is 0 Å². The Morgan fingerprint density at radius 1 is 1.16 bits per heavy atom. The Hall–Kier alpha value is -2.38. The molecule has 168 valence electrons. The quantitative estimate of drug-likeness (QED) is 0.379. The van der Waals surface area contributed by atoms with Crippen LogP contribution in [-0.2, 0) is 28.2 Å². The minimum Gasteiger partial charge on any atom is -0.547 e. The standard InChI is InChI=1S/C24H32O6Si/c1-23(2,3)29-22(26)24-19(25)15-18(16-11-9-8-10-12-16)28-21(24)14-17(13-20(24)27-4)30-31(5,6)7/h8-13,15,20-21H,14H2,1-7H3/t20-,21+,24+/m1/s1. The smallest absolute Gasteiger partial charge is 0.327 e. The molecule has 6 nitrogen and oxygen atoms in total. The molecule has 0 radical (unpaired) electrons. The van der Waals surface area contributed by atoms with Crippen LogP contribution in [0.4, 0.5) is 0 Å². The number of allylic oxidation sites excluding steroid dienone is 1. The number of ether oxygens (including phenoxy) is 3. The second-order valence-electron chi connectivity index (χ2n) is 9.92. The molecule has 1 aliphatic carbocycles. The van der Waals surface area contributed by atoms with Gasteiger partial charge in [0.15, 0.2) is 11.2 Å². The maximum Gasteiger partial charge on any atom is 0.327 e. The number of esters is 1. The van der Waals surface area contributed by atoms with Crippen LogP contribution in [0.1, 0.15) is 32.8 Å². The summed E-state index contributed by atoms with van der Waals surface area (Å²) in [7, 11) is -0.449. The molecule has 0 bridgehead atoms. The van der Waals surface area contributed by atoms with Gasteiger partial charge in [0.25, 0.3) is 0 Å². The summed E-state index contributed by atoms with van der Waals surface area (Å²) in [6.07, 6.45) is 1.73. The fraction of sp³-hybridized carbons (Fsp3) is 0.500. The van der Waals surface area contributed by atoms with Crippen LogP contribution in [0.5, 0.6) is 0 Å². The number of hydrogen-bond donors (Lipinski definition) is 0. The van der Waals surface area contributed by atoms with Crippen molar-refractivity contribution in [3.8, 4) is 0 Å². The topological polar surface area (TPSA) is 71.1 Å². The first kappa shape index (κ1) is 23.3. The Morgan fingerprint density at radius 3 is 2.35 bits per heavy atom. The molecular weight excluding hydrogens is 412 g/mol. The first-order valence-electron chi connectivity index (χ1n) is 10.5. The van der Waals surface area contributed by atoms with Gasteiger partial charge in [-0.05, 0) is 46.5 Å². The molecule has 3 atom stereocenters. The molecule has 0 aromatic heterocycles. The van der Waals surface area contributed by atoms with Crippen LogP contribution in [0.15, 0.2) is 48.2 Å². The van der Waals surface area contributed by atoms with E-state index in [4.69, 9.17) is 18.6 Å². The highest BCUT2D eigenvalue weighted by Crippen LogP contribution is 2.47. The summed E-state index contributed by atoms with van der Waals surface area (Å²) < 4.78 is 23.9. The van der Waals surface area contributed by atoms with Gasteiger partial charge in [0, 0.05) is 25.2 Å². The molecular formula is C24H32O6Si. The normalized spacial score (nSPS) is 26.2. The van der Waals surface area contributed by atoms with Crippen molar-refractivity contribution in [3.05, 3.63) is 53.8 Å². The molecule has 31 heavy (non-hydrogen) atoms. The first-order chi connectivity index (χ1) is 14.4. The van der Waals surface area contributed by atoms with Crippen molar-refractivity contribution >= 4 is 25.8 Å². The summed E-state index contributed by atoms with van der Waals surface area (Å²) in [5.74, 6) is 0.0803. The van der Waals surface area contributed by atoms with Gasteiger partial charge in [-0.1, -0.05) is 30.3 Å². The van der Waals surface area contributed by atoms with Crippen LogP contribution >= 0.6 is 0 Å². The average Bonchev–Trinajstić information content (AvgIpc) is 2.65. The van der Waals surface area contributed by atoms with E-state index in [1.807, 2.05) is 30.3 Å². The highest BCUT2D eigenvalue weighted by atomic mass is 28.4. The van der Waals surface area contributed by atoms with E-state index < -0.39 is 37.5 Å². The van der Waals surface area contributed by atoms with Crippen molar-refractivity contribution in [1.29, 1.82) is 0 Å². The van der Waals surface area contributed by atoms with Crippen molar-refractivity contribution in [2.75, 3.05) is 7.11 Å². The van der Waals surface area contributed by atoms with E-state index in [9.17, 15) is 9.59 Å². The Kier molecular flexibility index (Phi) is 6.22. The lowest BCUT2D eigenvalue weighted by Gasteiger charge is -2.47. The number of ketones is 1. The summed E-state index contributed by atoms with van der Waals surface area (Å²) in [5.41, 5.74) is -1.63. The average molecular weight is 445 g/mol. The molecule has 0 N–H and O–H groups in total. The zero-order valence-corrected chi connectivity index (χ0v) is 20.4. The number of carbonyl (C=O) groups excluding carboxylic acids is 2. The predicted octanol–water partition coefficient (Wildman–Crippen LogP) is 4.48. The van der Waals surface area contributed by atoms with Gasteiger partial charge in [0.1, 0.15) is 23.6 Å². The van der Waals surface area contributed by atoms with Gasteiger partial charge in [0.2, 0.25) is 8.32 Å². The SMILES string of the molecule is CO[C@@H]1C=C(O[Si](C)(C)C)C[C@@H]2OC(c3ccccc3)=CC(=O)[C@@]21C(=O)OC(C)(C)C. The molecule has 0 unspecified atom stereocenters. The Labute approximate surface area is 185 Å². The van der Waals surface area contributed by atoms with E-state index in [0.29, 0.717) is 11.5 Å². The van der Waals surface area contributed by atoms with Gasteiger partial charge >= 0.3 is 5.97 Å². The van der Waals surface area contributed by atoms with Crippen molar-refractivity contribution in [2.45, 2.75) is 64.6 Å². The minimum absolute atomic E-state index is 0.277.